The van der Waals surface area contributed by atoms with Gasteiger partial charge in [0.05, 0.1) is 18.1 Å². The Morgan fingerprint density at radius 1 is 1.07 bits per heavy atom. The van der Waals surface area contributed by atoms with Crippen molar-refractivity contribution in [3.63, 3.8) is 0 Å². The van der Waals surface area contributed by atoms with Crippen LogP contribution in [-0.2, 0) is 0 Å². The Labute approximate surface area is 162 Å². The average Bonchev–Trinajstić information content (AvgIpc) is 2.73. The van der Waals surface area contributed by atoms with Gasteiger partial charge in [-0.2, -0.15) is 0 Å². The minimum Gasteiger partial charge on any atom is -0.508 e. The fraction of sp³-hybridized carbons (Fsp3) is 0.182. The summed E-state index contributed by atoms with van der Waals surface area (Å²) in [6.45, 7) is 0. The number of methoxy groups -OCH3 is 1. The highest BCUT2D eigenvalue weighted by Crippen LogP contribution is 2.46. The number of hydrogen-bond donors (Lipinski definition) is 2. The molecular formula is C22H20N2O4. The van der Waals surface area contributed by atoms with Crippen LogP contribution in [0.4, 0.5) is 11.4 Å². The van der Waals surface area contributed by atoms with E-state index in [4.69, 9.17) is 4.74 Å². The zero-order valence-corrected chi connectivity index (χ0v) is 15.3. The summed E-state index contributed by atoms with van der Waals surface area (Å²) >= 11 is 0. The first-order valence-corrected chi connectivity index (χ1v) is 9.03. The van der Waals surface area contributed by atoms with Crippen LogP contribution in [0.3, 0.4) is 0 Å². The van der Waals surface area contributed by atoms with Crippen LogP contribution in [0.1, 0.15) is 35.1 Å². The normalized spacial score (nSPS) is 18.0. The number of para-hydroxylation sites is 1. The quantitative estimate of drug-likeness (QED) is 0.494. The van der Waals surface area contributed by atoms with Crippen LogP contribution in [0.15, 0.2) is 66.7 Å². The van der Waals surface area contributed by atoms with Crippen molar-refractivity contribution >= 4 is 11.4 Å². The van der Waals surface area contributed by atoms with Gasteiger partial charge in [0.1, 0.15) is 11.5 Å². The summed E-state index contributed by atoms with van der Waals surface area (Å²) in [5.74, 6) is 0.980. The van der Waals surface area contributed by atoms with Crippen molar-refractivity contribution in [2.24, 2.45) is 0 Å². The molecule has 0 saturated carbocycles. The Balaban J connectivity index is 1.76. The number of phenols is 1. The second-order valence-corrected chi connectivity index (χ2v) is 6.85. The van der Waals surface area contributed by atoms with Crippen molar-refractivity contribution in [3.05, 3.63) is 93.5 Å². The minimum atomic E-state index is -0.398. The molecule has 0 spiro atoms. The summed E-state index contributed by atoms with van der Waals surface area (Å²) in [6.07, 6.45) is 0.704. The molecule has 2 N–H and O–H groups in total. The third-order valence-electron chi connectivity index (χ3n) is 5.25. The van der Waals surface area contributed by atoms with Gasteiger partial charge in [0.25, 0.3) is 5.69 Å². The summed E-state index contributed by atoms with van der Waals surface area (Å²) in [5.41, 5.74) is 3.91. The lowest BCUT2D eigenvalue weighted by Crippen LogP contribution is -2.22. The van der Waals surface area contributed by atoms with Crippen molar-refractivity contribution in [1.82, 2.24) is 0 Å². The zero-order chi connectivity index (χ0) is 19.7. The summed E-state index contributed by atoms with van der Waals surface area (Å²) in [5, 5.41) is 24.9. The van der Waals surface area contributed by atoms with E-state index in [1.165, 1.54) is 12.1 Å². The Bertz CT molecular complexity index is 1020. The molecule has 0 amide bonds. The highest BCUT2D eigenvalue weighted by Gasteiger charge is 2.30. The van der Waals surface area contributed by atoms with Crippen molar-refractivity contribution in [2.45, 2.75) is 18.4 Å². The number of rotatable bonds is 4. The highest BCUT2D eigenvalue weighted by atomic mass is 16.6. The van der Waals surface area contributed by atoms with Gasteiger partial charge in [0.2, 0.25) is 0 Å². The predicted molar refractivity (Wildman–Crippen MR) is 107 cm³/mol. The molecular weight excluding hydrogens is 356 g/mol. The molecule has 142 valence electrons. The average molecular weight is 376 g/mol. The van der Waals surface area contributed by atoms with E-state index in [0.717, 1.165) is 28.1 Å². The summed E-state index contributed by atoms with van der Waals surface area (Å²) in [6, 6.07) is 19.8. The molecule has 1 aliphatic heterocycles. The first-order valence-electron chi connectivity index (χ1n) is 9.03. The third kappa shape index (κ3) is 3.24. The van der Waals surface area contributed by atoms with E-state index >= 15 is 0 Å². The number of nitrogens with zero attached hydrogens (tertiary/aromatic N) is 1. The van der Waals surface area contributed by atoms with Crippen molar-refractivity contribution in [3.8, 4) is 11.5 Å². The number of ether oxygens (including phenoxy) is 1. The maximum atomic E-state index is 10.9. The molecule has 3 aromatic rings. The fourth-order valence-corrected chi connectivity index (χ4v) is 3.82. The molecule has 0 fully saturated rings. The van der Waals surface area contributed by atoms with Gasteiger partial charge in [0.15, 0.2) is 0 Å². The number of phenolic OH excluding ortho intramolecular Hbond substituents is 1. The van der Waals surface area contributed by atoms with E-state index in [2.05, 4.69) is 5.32 Å². The third-order valence-corrected chi connectivity index (χ3v) is 5.25. The Hall–Kier alpha value is -3.54. The van der Waals surface area contributed by atoms with Crippen LogP contribution in [-0.4, -0.2) is 17.1 Å². The molecule has 1 aliphatic rings. The maximum Gasteiger partial charge on any atom is 0.269 e. The van der Waals surface area contributed by atoms with Gasteiger partial charge in [-0.1, -0.05) is 30.3 Å². The first-order chi connectivity index (χ1) is 13.6. The molecule has 1 heterocycles. The lowest BCUT2D eigenvalue weighted by molar-refractivity contribution is -0.384. The van der Waals surface area contributed by atoms with Crippen molar-refractivity contribution < 1.29 is 14.8 Å². The van der Waals surface area contributed by atoms with Gasteiger partial charge in [-0.25, -0.2) is 0 Å². The monoisotopic (exact) mass is 376 g/mol. The number of hydrogen-bond acceptors (Lipinski definition) is 5. The smallest absolute Gasteiger partial charge is 0.269 e. The lowest BCUT2D eigenvalue weighted by Gasteiger charge is -2.34. The molecule has 3 aromatic carbocycles. The fourth-order valence-electron chi connectivity index (χ4n) is 3.82. The van der Waals surface area contributed by atoms with Gasteiger partial charge in [-0.3, -0.25) is 10.1 Å². The molecule has 0 radical (unpaired) electrons. The molecule has 0 aromatic heterocycles. The van der Waals surface area contributed by atoms with E-state index in [1.54, 1.807) is 31.4 Å². The number of nitrogens with one attached hydrogen (secondary N) is 1. The first kappa shape index (κ1) is 17.9. The summed E-state index contributed by atoms with van der Waals surface area (Å²) < 4.78 is 5.39. The van der Waals surface area contributed by atoms with Crippen LogP contribution in [0, 0.1) is 10.1 Å². The topological polar surface area (TPSA) is 84.6 Å². The number of anilines is 1. The molecule has 0 saturated heterocycles. The zero-order valence-electron chi connectivity index (χ0n) is 15.3. The lowest BCUT2D eigenvalue weighted by atomic mass is 9.80. The number of non-ortho nitro benzene ring substituents is 1. The molecule has 2 atom stereocenters. The molecule has 6 heteroatoms. The van der Waals surface area contributed by atoms with E-state index in [9.17, 15) is 15.2 Å². The molecule has 0 aliphatic carbocycles. The molecule has 4 rings (SSSR count). The van der Waals surface area contributed by atoms with E-state index in [1.807, 2.05) is 30.3 Å². The number of aromatic hydroxyl groups is 1. The predicted octanol–water partition coefficient (Wildman–Crippen LogP) is 5.00. The van der Waals surface area contributed by atoms with Crippen LogP contribution >= 0.6 is 0 Å². The van der Waals surface area contributed by atoms with E-state index in [0.29, 0.717) is 6.42 Å². The SMILES string of the molecule is COc1ccc2c(c1)[C@@H](c1ccccc1O)C[C@@H](c1ccc([N+](=O)[O-])cc1)N2. The minimum absolute atomic E-state index is 0.0345. The summed E-state index contributed by atoms with van der Waals surface area (Å²) in [7, 11) is 1.63. The van der Waals surface area contributed by atoms with Gasteiger partial charge < -0.3 is 15.2 Å². The number of benzene rings is 3. The van der Waals surface area contributed by atoms with Crippen LogP contribution in [0.2, 0.25) is 0 Å². The van der Waals surface area contributed by atoms with Gasteiger partial charge in [-0.15, -0.1) is 0 Å². The van der Waals surface area contributed by atoms with Crippen molar-refractivity contribution in [2.75, 3.05) is 12.4 Å². The van der Waals surface area contributed by atoms with Gasteiger partial charge in [0, 0.05) is 29.3 Å². The molecule has 0 unspecified atom stereocenters. The maximum absolute atomic E-state index is 10.9. The van der Waals surface area contributed by atoms with Crippen LogP contribution in [0.25, 0.3) is 0 Å². The molecule has 0 bridgehead atoms. The highest BCUT2D eigenvalue weighted by molar-refractivity contribution is 5.62. The van der Waals surface area contributed by atoms with E-state index in [-0.39, 0.29) is 23.4 Å². The standard InChI is InChI=1S/C22H20N2O4/c1-28-16-10-11-20-19(12-16)18(17-4-2-3-5-22(17)25)13-21(23-20)14-6-8-15(9-7-14)24(26)27/h2-12,18,21,23,25H,13H2,1H3/t18-,21+/m1/s1. The number of nitro groups is 1. The summed E-state index contributed by atoms with van der Waals surface area (Å²) in [4.78, 5) is 10.5. The van der Waals surface area contributed by atoms with Gasteiger partial charge in [-0.05, 0) is 41.8 Å². The second kappa shape index (κ2) is 7.23. The number of nitro benzene ring substituents is 1. The van der Waals surface area contributed by atoms with E-state index < -0.39 is 4.92 Å². The van der Waals surface area contributed by atoms with Gasteiger partial charge >= 0.3 is 0 Å². The number of fused-ring (bicyclic) bond motifs is 1. The Kier molecular flexibility index (Phi) is 4.61. The second-order valence-electron chi connectivity index (χ2n) is 6.85. The largest absolute Gasteiger partial charge is 0.508 e. The Morgan fingerprint density at radius 3 is 2.50 bits per heavy atom. The van der Waals surface area contributed by atoms with Crippen LogP contribution < -0.4 is 10.1 Å². The van der Waals surface area contributed by atoms with Crippen molar-refractivity contribution in [1.29, 1.82) is 0 Å². The Morgan fingerprint density at radius 2 is 1.82 bits per heavy atom. The molecule has 6 nitrogen and oxygen atoms in total. The van der Waals surface area contributed by atoms with Crippen LogP contribution in [0.5, 0.6) is 11.5 Å². The molecule has 28 heavy (non-hydrogen) atoms.